The van der Waals surface area contributed by atoms with Gasteiger partial charge >= 0.3 is 12.1 Å². The number of esters is 1. The zero-order valence-corrected chi connectivity index (χ0v) is 23.7. The number of carbonyl (C=O) groups is 2. The van der Waals surface area contributed by atoms with Crippen LogP contribution in [0.3, 0.4) is 0 Å². The van der Waals surface area contributed by atoms with Crippen molar-refractivity contribution >= 4 is 35.3 Å². The first kappa shape index (κ1) is 29.5. The van der Waals surface area contributed by atoms with Crippen molar-refractivity contribution in [2.24, 2.45) is 5.92 Å². The second kappa shape index (κ2) is 14.8. The van der Waals surface area contributed by atoms with Gasteiger partial charge in [-0.1, -0.05) is 91.6 Å². The Bertz CT molecular complexity index is 1160. The average Bonchev–Trinajstić information content (AvgIpc) is 2.88. The Morgan fingerprint density at radius 3 is 2.05 bits per heavy atom. The summed E-state index contributed by atoms with van der Waals surface area (Å²) in [5.74, 6) is -0.217. The smallest absolute Gasteiger partial charge is 0.410 e. The highest BCUT2D eigenvalue weighted by Gasteiger charge is 2.31. The van der Waals surface area contributed by atoms with Gasteiger partial charge in [0, 0.05) is 23.0 Å². The molecule has 0 fully saturated rings. The van der Waals surface area contributed by atoms with Crippen LogP contribution in [0.2, 0.25) is 10.0 Å². The lowest BCUT2D eigenvalue weighted by molar-refractivity contribution is -0.151. The lowest BCUT2D eigenvalue weighted by atomic mass is 10.0. The summed E-state index contributed by atoms with van der Waals surface area (Å²) < 4.78 is 11.1. The molecule has 0 bridgehead atoms. The molecule has 5 nitrogen and oxygen atoms in total. The Hall–Kier alpha value is -3.02. The van der Waals surface area contributed by atoms with E-state index in [1.807, 2.05) is 87.5 Å². The van der Waals surface area contributed by atoms with Crippen molar-refractivity contribution in [2.45, 2.75) is 52.7 Å². The normalized spacial score (nSPS) is 11.7. The summed E-state index contributed by atoms with van der Waals surface area (Å²) in [4.78, 5) is 27.4. The Balaban J connectivity index is 1.53. The van der Waals surface area contributed by atoms with Gasteiger partial charge in [0.05, 0.1) is 6.61 Å². The van der Waals surface area contributed by atoms with Gasteiger partial charge in [0.15, 0.2) is 0 Å². The number of amides is 1. The average molecular weight is 557 g/mol. The van der Waals surface area contributed by atoms with Gasteiger partial charge in [-0.2, -0.15) is 0 Å². The molecule has 0 radical (unpaired) electrons. The highest BCUT2D eigenvalue weighted by Crippen LogP contribution is 2.22. The van der Waals surface area contributed by atoms with Crippen molar-refractivity contribution in [2.75, 3.05) is 13.2 Å². The minimum Gasteiger partial charge on any atom is -0.459 e. The number of nitrogens with zero attached hydrogens (tertiary/aromatic N) is 1. The maximum Gasteiger partial charge on any atom is 0.410 e. The third kappa shape index (κ3) is 9.38. The first-order valence-electron chi connectivity index (χ1n) is 12.9. The molecular formula is C31H35Cl2NO4. The summed E-state index contributed by atoms with van der Waals surface area (Å²) in [7, 11) is 0. The second-order valence-electron chi connectivity index (χ2n) is 9.66. The Kier molecular flexibility index (Phi) is 11.5. The molecule has 0 aromatic heterocycles. The summed E-state index contributed by atoms with van der Waals surface area (Å²) >= 11 is 12.2. The largest absolute Gasteiger partial charge is 0.459 e. The van der Waals surface area contributed by atoms with Gasteiger partial charge in [0.25, 0.3) is 0 Å². The molecule has 0 spiro atoms. The van der Waals surface area contributed by atoms with E-state index in [2.05, 4.69) is 0 Å². The molecule has 0 aliphatic rings. The van der Waals surface area contributed by atoms with Crippen molar-refractivity contribution in [3.63, 3.8) is 0 Å². The van der Waals surface area contributed by atoms with Gasteiger partial charge in [-0.05, 0) is 66.1 Å². The molecule has 1 amide bonds. The fourth-order valence-electron chi connectivity index (χ4n) is 4.21. The van der Waals surface area contributed by atoms with Crippen LogP contribution in [0.25, 0.3) is 0 Å². The van der Waals surface area contributed by atoms with Crippen molar-refractivity contribution in [1.29, 1.82) is 0 Å². The molecule has 0 saturated carbocycles. The Morgan fingerprint density at radius 1 is 0.816 bits per heavy atom. The first-order valence-corrected chi connectivity index (χ1v) is 13.7. The molecule has 3 aromatic rings. The molecule has 202 valence electrons. The predicted molar refractivity (Wildman–Crippen MR) is 153 cm³/mol. The first-order chi connectivity index (χ1) is 18.2. The molecule has 0 aliphatic carbocycles. The molecule has 0 heterocycles. The number of rotatable bonds is 12. The third-order valence-corrected chi connectivity index (χ3v) is 6.55. The maximum absolute atomic E-state index is 13.0. The van der Waals surface area contributed by atoms with Crippen LogP contribution in [0.15, 0.2) is 72.8 Å². The third-order valence-electron chi connectivity index (χ3n) is 6.11. The lowest BCUT2D eigenvalue weighted by Crippen LogP contribution is -2.46. The minimum atomic E-state index is -0.699. The van der Waals surface area contributed by atoms with Gasteiger partial charge < -0.3 is 9.47 Å². The number of carbonyl (C=O) groups excluding carboxylic acids is 2. The standard InChI is InChI=1S/C31H35Cl2NO4/c1-4-34(29(16-22(2)3)30(35)38-21-25-8-6-5-7-9-25)31(36)37-15-14-23-10-12-24(13-11-23)17-26-18-27(32)20-28(33)19-26/h5-13,18-20,22,29H,4,14-17,21H2,1-3H3/t29-/m0/s1. The topological polar surface area (TPSA) is 55.8 Å². The minimum absolute atomic E-state index is 0.168. The van der Waals surface area contributed by atoms with Crippen LogP contribution in [0, 0.1) is 5.92 Å². The van der Waals surface area contributed by atoms with E-state index in [9.17, 15) is 9.59 Å². The molecule has 0 N–H and O–H groups in total. The number of ether oxygens (including phenoxy) is 2. The van der Waals surface area contributed by atoms with Crippen molar-refractivity contribution in [1.82, 2.24) is 4.90 Å². The van der Waals surface area contributed by atoms with Gasteiger partial charge in [0.1, 0.15) is 12.6 Å². The SMILES string of the molecule is CCN(C(=O)OCCc1ccc(Cc2cc(Cl)cc(Cl)c2)cc1)[C@@H](CC(C)C)C(=O)OCc1ccccc1. The summed E-state index contributed by atoms with van der Waals surface area (Å²) in [6.07, 6.45) is 1.28. The molecule has 7 heteroatoms. The zero-order chi connectivity index (χ0) is 27.5. The van der Waals surface area contributed by atoms with E-state index < -0.39 is 18.1 Å². The second-order valence-corrected chi connectivity index (χ2v) is 10.5. The fraction of sp³-hybridized carbons (Fsp3) is 0.355. The Labute approximate surface area is 235 Å². The number of hydrogen-bond donors (Lipinski definition) is 0. The molecule has 3 aromatic carbocycles. The monoisotopic (exact) mass is 555 g/mol. The van der Waals surface area contributed by atoms with Crippen LogP contribution >= 0.6 is 23.2 Å². The van der Waals surface area contributed by atoms with E-state index in [4.69, 9.17) is 32.7 Å². The highest BCUT2D eigenvalue weighted by atomic mass is 35.5. The van der Waals surface area contributed by atoms with Crippen molar-refractivity contribution in [3.05, 3.63) is 105 Å². The quantitative estimate of drug-likeness (QED) is 0.214. The molecule has 0 unspecified atom stereocenters. The van der Waals surface area contributed by atoms with Crippen LogP contribution in [0.4, 0.5) is 4.79 Å². The van der Waals surface area contributed by atoms with Crippen LogP contribution in [-0.2, 0) is 33.7 Å². The van der Waals surface area contributed by atoms with E-state index in [1.54, 1.807) is 6.07 Å². The van der Waals surface area contributed by atoms with Crippen molar-refractivity contribution in [3.8, 4) is 0 Å². The summed E-state index contributed by atoms with van der Waals surface area (Å²) in [5.41, 5.74) is 4.13. The molecular weight excluding hydrogens is 521 g/mol. The summed E-state index contributed by atoms with van der Waals surface area (Å²) in [5, 5.41) is 1.24. The molecule has 3 rings (SSSR count). The number of benzene rings is 3. The van der Waals surface area contributed by atoms with Gasteiger partial charge in [0.2, 0.25) is 0 Å². The Morgan fingerprint density at radius 2 is 1.45 bits per heavy atom. The highest BCUT2D eigenvalue weighted by molar-refractivity contribution is 6.34. The summed E-state index contributed by atoms with van der Waals surface area (Å²) in [6, 6.07) is 22.5. The van der Waals surface area contributed by atoms with Gasteiger partial charge in [-0.3, -0.25) is 4.90 Å². The van der Waals surface area contributed by atoms with E-state index in [0.29, 0.717) is 29.4 Å². The van der Waals surface area contributed by atoms with Crippen LogP contribution in [-0.4, -0.2) is 36.2 Å². The fourth-order valence-corrected chi connectivity index (χ4v) is 4.78. The van der Waals surface area contributed by atoms with Crippen LogP contribution < -0.4 is 0 Å². The lowest BCUT2D eigenvalue weighted by Gasteiger charge is -2.29. The van der Waals surface area contributed by atoms with Crippen molar-refractivity contribution < 1.29 is 19.1 Å². The zero-order valence-electron chi connectivity index (χ0n) is 22.2. The summed E-state index contributed by atoms with van der Waals surface area (Å²) in [6.45, 7) is 6.60. The molecule has 38 heavy (non-hydrogen) atoms. The van der Waals surface area contributed by atoms with Crippen LogP contribution in [0.1, 0.15) is 49.4 Å². The number of hydrogen-bond acceptors (Lipinski definition) is 4. The predicted octanol–water partition coefficient (Wildman–Crippen LogP) is 7.74. The molecule has 0 saturated heterocycles. The van der Waals surface area contributed by atoms with Crippen LogP contribution in [0.5, 0.6) is 0 Å². The van der Waals surface area contributed by atoms with E-state index in [1.165, 1.54) is 4.90 Å². The molecule has 1 atom stereocenters. The van der Waals surface area contributed by atoms with E-state index >= 15 is 0 Å². The molecule has 0 aliphatic heterocycles. The van der Waals surface area contributed by atoms with E-state index in [-0.39, 0.29) is 19.1 Å². The maximum atomic E-state index is 13.0. The number of halogens is 2. The van der Waals surface area contributed by atoms with Gasteiger partial charge in [-0.25, -0.2) is 9.59 Å². The van der Waals surface area contributed by atoms with Gasteiger partial charge in [-0.15, -0.1) is 0 Å². The van der Waals surface area contributed by atoms with E-state index in [0.717, 1.165) is 28.7 Å². The number of likely N-dealkylation sites (N-methyl/N-ethyl adjacent to an activating group) is 1.